The molecule has 0 aromatic rings. The molecule has 0 aliphatic carbocycles. The Bertz CT molecular complexity index is 829. The van der Waals surface area contributed by atoms with Crippen molar-refractivity contribution in [2.75, 3.05) is 6.61 Å². The number of hydrogen-bond donors (Lipinski definition) is 4. The van der Waals surface area contributed by atoms with Gasteiger partial charge in [-0.3, -0.25) is 4.79 Å². The fraction of sp³-hybridized carbons (Fsp3) is 0.902. The summed E-state index contributed by atoms with van der Waals surface area (Å²) in [6, 6.07) is -0.809. The standard InChI is InChI=1S/C51H99NO4/c1-3-5-7-9-11-13-15-17-19-20-21-22-23-24-25-26-27-28-29-30-32-34-36-38-40-42-44-46-50(55)52-48(47-53)51(56)49(54)45-43-41-39-37-35-33-31-18-16-14-12-10-8-6-4-2/h21-22,24-25,48-49,51,53-54,56H,3-20,23,26-47H2,1-2H3,(H,52,55)/b22-21-,25-24-. The minimum atomic E-state index is -1.14. The van der Waals surface area contributed by atoms with Gasteiger partial charge in [0, 0.05) is 6.42 Å². The molecule has 0 spiro atoms. The summed E-state index contributed by atoms with van der Waals surface area (Å²) < 4.78 is 0. The van der Waals surface area contributed by atoms with Crippen LogP contribution in [0.5, 0.6) is 0 Å². The van der Waals surface area contributed by atoms with Crippen LogP contribution in [0.4, 0.5) is 0 Å². The molecule has 332 valence electrons. The first-order valence-electron chi connectivity index (χ1n) is 25.1. The van der Waals surface area contributed by atoms with Gasteiger partial charge in [-0.05, 0) is 44.9 Å². The molecule has 0 radical (unpaired) electrons. The monoisotopic (exact) mass is 790 g/mol. The van der Waals surface area contributed by atoms with Crippen molar-refractivity contribution in [3.05, 3.63) is 24.3 Å². The molecule has 1 amide bonds. The minimum absolute atomic E-state index is 0.144. The molecule has 3 unspecified atom stereocenters. The zero-order valence-corrected chi connectivity index (χ0v) is 37.8. The van der Waals surface area contributed by atoms with Crippen LogP contribution < -0.4 is 5.32 Å². The highest BCUT2D eigenvalue weighted by atomic mass is 16.3. The van der Waals surface area contributed by atoms with E-state index in [-0.39, 0.29) is 12.5 Å². The Kier molecular flexibility index (Phi) is 45.5. The fourth-order valence-electron chi connectivity index (χ4n) is 7.90. The molecule has 0 saturated heterocycles. The number of carbonyl (C=O) groups is 1. The summed E-state index contributed by atoms with van der Waals surface area (Å²) in [5.41, 5.74) is 0. The molecule has 5 nitrogen and oxygen atoms in total. The third-order valence-corrected chi connectivity index (χ3v) is 11.8. The van der Waals surface area contributed by atoms with E-state index in [1.165, 1.54) is 199 Å². The normalized spacial score (nSPS) is 13.6. The second kappa shape index (κ2) is 46.5. The Hall–Kier alpha value is -1.17. The molecule has 4 N–H and O–H groups in total. The Morgan fingerprint density at radius 1 is 0.446 bits per heavy atom. The topological polar surface area (TPSA) is 89.8 Å². The predicted octanol–water partition coefficient (Wildman–Crippen LogP) is 14.9. The van der Waals surface area contributed by atoms with Gasteiger partial charge in [0.15, 0.2) is 0 Å². The highest BCUT2D eigenvalue weighted by Gasteiger charge is 2.26. The van der Waals surface area contributed by atoms with Crippen LogP contribution in [-0.2, 0) is 4.79 Å². The third kappa shape index (κ3) is 41.0. The molecule has 56 heavy (non-hydrogen) atoms. The summed E-state index contributed by atoms with van der Waals surface area (Å²) in [6.45, 7) is 4.19. The molecule has 0 fully saturated rings. The number of hydrogen-bond acceptors (Lipinski definition) is 4. The summed E-state index contributed by atoms with van der Waals surface area (Å²) in [4.78, 5) is 12.5. The predicted molar refractivity (Wildman–Crippen MR) is 245 cm³/mol. The zero-order valence-electron chi connectivity index (χ0n) is 37.8. The summed E-state index contributed by atoms with van der Waals surface area (Å²) in [5.74, 6) is -0.144. The molecule has 0 bridgehead atoms. The van der Waals surface area contributed by atoms with Crippen molar-refractivity contribution < 1.29 is 20.1 Å². The van der Waals surface area contributed by atoms with Crippen LogP contribution in [0.2, 0.25) is 0 Å². The van der Waals surface area contributed by atoms with Crippen LogP contribution in [0.1, 0.15) is 271 Å². The maximum absolute atomic E-state index is 12.5. The van der Waals surface area contributed by atoms with Crippen LogP contribution in [0.25, 0.3) is 0 Å². The van der Waals surface area contributed by atoms with Gasteiger partial charge >= 0.3 is 0 Å². The van der Waals surface area contributed by atoms with E-state index < -0.39 is 18.2 Å². The molecular weight excluding hydrogens is 691 g/mol. The van der Waals surface area contributed by atoms with Crippen LogP contribution in [0.15, 0.2) is 24.3 Å². The fourth-order valence-corrected chi connectivity index (χ4v) is 7.90. The number of nitrogens with one attached hydrogen (secondary N) is 1. The van der Waals surface area contributed by atoms with Crippen molar-refractivity contribution >= 4 is 5.91 Å². The number of unbranched alkanes of at least 4 members (excludes halogenated alkanes) is 34. The van der Waals surface area contributed by atoms with Crippen LogP contribution in [0.3, 0.4) is 0 Å². The van der Waals surface area contributed by atoms with E-state index >= 15 is 0 Å². The van der Waals surface area contributed by atoms with E-state index in [0.29, 0.717) is 12.8 Å². The lowest BCUT2D eigenvalue weighted by Gasteiger charge is -2.26. The smallest absolute Gasteiger partial charge is 0.220 e. The average molecular weight is 790 g/mol. The van der Waals surface area contributed by atoms with Gasteiger partial charge in [-0.2, -0.15) is 0 Å². The van der Waals surface area contributed by atoms with E-state index in [2.05, 4.69) is 43.5 Å². The van der Waals surface area contributed by atoms with Crippen molar-refractivity contribution in [1.29, 1.82) is 0 Å². The van der Waals surface area contributed by atoms with Gasteiger partial charge in [-0.25, -0.2) is 0 Å². The lowest BCUT2D eigenvalue weighted by Crippen LogP contribution is -2.50. The molecule has 0 aromatic heterocycles. The second-order valence-corrected chi connectivity index (χ2v) is 17.4. The summed E-state index contributed by atoms with van der Waals surface area (Å²) in [6.07, 6.45) is 57.3. The van der Waals surface area contributed by atoms with Crippen molar-refractivity contribution in [2.45, 2.75) is 289 Å². The van der Waals surface area contributed by atoms with Gasteiger partial charge in [0.05, 0.1) is 18.8 Å². The van der Waals surface area contributed by atoms with E-state index in [0.717, 1.165) is 44.9 Å². The quantitative estimate of drug-likeness (QED) is 0.0365. The Balaban J connectivity index is 3.56. The van der Waals surface area contributed by atoms with Gasteiger partial charge in [-0.1, -0.05) is 244 Å². The van der Waals surface area contributed by atoms with Crippen LogP contribution >= 0.6 is 0 Å². The van der Waals surface area contributed by atoms with Crippen molar-refractivity contribution in [3.8, 4) is 0 Å². The largest absolute Gasteiger partial charge is 0.394 e. The zero-order chi connectivity index (χ0) is 40.8. The van der Waals surface area contributed by atoms with Gasteiger partial charge in [0.1, 0.15) is 6.10 Å². The lowest BCUT2D eigenvalue weighted by molar-refractivity contribution is -0.124. The highest BCUT2D eigenvalue weighted by Crippen LogP contribution is 2.17. The van der Waals surface area contributed by atoms with Gasteiger partial charge in [0.2, 0.25) is 5.91 Å². The summed E-state index contributed by atoms with van der Waals surface area (Å²) in [7, 11) is 0. The van der Waals surface area contributed by atoms with Crippen LogP contribution in [-0.4, -0.2) is 46.1 Å². The first-order chi connectivity index (χ1) is 27.6. The highest BCUT2D eigenvalue weighted by molar-refractivity contribution is 5.76. The summed E-state index contributed by atoms with van der Waals surface area (Å²) >= 11 is 0. The molecule has 5 heteroatoms. The molecule has 0 aliphatic heterocycles. The first-order valence-corrected chi connectivity index (χ1v) is 25.1. The van der Waals surface area contributed by atoms with E-state index in [1.807, 2.05) is 0 Å². The Morgan fingerprint density at radius 3 is 1.12 bits per heavy atom. The second-order valence-electron chi connectivity index (χ2n) is 17.4. The van der Waals surface area contributed by atoms with Gasteiger partial charge in [0.25, 0.3) is 0 Å². The maximum atomic E-state index is 12.5. The van der Waals surface area contributed by atoms with Crippen molar-refractivity contribution in [3.63, 3.8) is 0 Å². The van der Waals surface area contributed by atoms with Gasteiger partial charge < -0.3 is 20.6 Å². The van der Waals surface area contributed by atoms with E-state index in [1.54, 1.807) is 0 Å². The Labute approximate surface area is 350 Å². The van der Waals surface area contributed by atoms with Crippen molar-refractivity contribution in [2.24, 2.45) is 0 Å². The van der Waals surface area contributed by atoms with E-state index in [9.17, 15) is 20.1 Å². The molecular formula is C51H99NO4. The van der Waals surface area contributed by atoms with Gasteiger partial charge in [-0.15, -0.1) is 0 Å². The van der Waals surface area contributed by atoms with Crippen molar-refractivity contribution in [1.82, 2.24) is 5.32 Å². The SMILES string of the molecule is CCCCCCCCCCC/C=C\C/C=C\CCCCCCCCCCCCCC(=O)NC(CO)C(O)C(O)CCCCCCCCCCCCCCCCC. The van der Waals surface area contributed by atoms with Crippen LogP contribution in [0, 0.1) is 0 Å². The average Bonchev–Trinajstić information content (AvgIpc) is 3.20. The first kappa shape index (κ1) is 54.8. The number of aliphatic hydroxyl groups excluding tert-OH is 3. The number of aliphatic hydroxyl groups is 3. The third-order valence-electron chi connectivity index (χ3n) is 11.8. The minimum Gasteiger partial charge on any atom is -0.394 e. The molecule has 0 aliphatic rings. The number of allylic oxidation sites excluding steroid dienone is 4. The van der Waals surface area contributed by atoms with E-state index in [4.69, 9.17) is 0 Å². The maximum Gasteiger partial charge on any atom is 0.220 e. The Morgan fingerprint density at radius 2 is 0.768 bits per heavy atom. The molecule has 3 atom stereocenters. The molecule has 0 saturated carbocycles. The number of rotatable bonds is 46. The summed E-state index contributed by atoms with van der Waals surface area (Å²) in [5, 5.41) is 33.6. The molecule has 0 aromatic carbocycles. The number of carbonyl (C=O) groups excluding carboxylic acids is 1. The number of amides is 1. The molecule has 0 heterocycles. The molecule has 0 rings (SSSR count). The lowest BCUT2D eigenvalue weighted by atomic mass is 9.99.